The number of hydrogen-bond acceptors (Lipinski definition) is 2. The van der Waals surface area contributed by atoms with E-state index in [4.69, 9.17) is 16.3 Å². The lowest BCUT2D eigenvalue weighted by Gasteiger charge is -2.09. The standard InChI is InChI=1S/C18H20ClO2P/c1-3-4-11-21-14-9-10-17(16(19)12-14)22-18(20)15-8-6-5-7-13(15)2/h5-10,12,22H,3-4,11H2,1-2H3. The van der Waals surface area contributed by atoms with E-state index in [1.165, 1.54) is 0 Å². The third-order valence-corrected chi connectivity index (χ3v) is 5.02. The second-order valence-corrected chi connectivity index (χ2v) is 6.76. The van der Waals surface area contributed by atoms with Crippen LogP contribution in [0.25, 0.3) is 0 Å². The van der Waals surface area contributed by atoms with E-state index >= 15 is 0 Å². The number of unbranched alkanes of at least 4 members (excludes halogenated alkanes) is 1. The number of halogens is 1. The van der Waals surface area contributed by atoms with Crippen molar-refractivity contribution in [2.45, 2.75) is 26.7 Å². The van der Waals surface area contributed by atoms with Crippen LogP contribution in [0.5, 0.6) is 5.75 Å². The zero-order chi connectivity index (χ0) is 15.9. The Hall–Kier alpha value is -1.37. The fraction of sp³-hybridized carbons (Fsp3) is 0.278. The fourth-order valence-electron chi connectivity index (χ4n) is 2.04. The molecule has 0 amide bonds. The SMILES string of the molecule is CCCCOc1ccc(PC(=O)c2ccccc2C)c(Cl)c1. The average Bonchev–Trinajstić information content (AvgIpc) is 2.50. The number of ether oxygens (including phenoxy) is 1. The largest absolute Gasteiger partial charge is 0.494 e. The molecule has 2 aromatic rings. The first-order valence-electron chi connectivity index (χ1n) is 7.41. The molecule has 4 heteroatoms. The summed E-state index contributed by atoms with van der Waals surface area (Å²) < 4.78 is 5.62. The van der Waals surface area contributed by atoms with Crippen molar-refractivity contribution in [1.82, 2.24) is 0 Å². The second-order valence-electron chi connectivity index (χ2n) is 5.11. The average molecular weight is 335 g/mol. The number of benzene rings is 2. The van der Waals surface area contributed by atoms with E-state index in [0.717, 1.165) is 35.0 Å². The second kappa shape index (κ2) is 8.31. The lowest BCUT2D eigenvalue weighted by Crippen LogP contribution is -2.05. The maximum Gasteiger partial charge on any atom is 0.185 e. The number of carbonyl (C=O) groups is 1. The molecule has 2 rings (SSSR count). The third kappa shape index (κ3) is 4.56. The predicted octanol–water partition coefficient (Wildman–Crippen LogP) is 4.97. The van der Waals surface area contributed by atoms with Gasteiger partial charge in [0.25, 0.3) is 0 Å². The number of hydrogen-bond donors (Lipinski definition) is 0. The molecule has 0 saturated heterocycles. The van der Waals surface area contributed by atoms with Crippen LogP contribution in [0.2, 0.25) is 5.02 Å². The van der Waals surface area contributed by atoms with Gasteiger partial charge in [-0.15, -0.1) is 0 Å². The Kier molecular flexibility index (Phi) is 6.42. The minimum atomic E-state index is 0.0233. The highest BCUT2D eigenvalue weighted by atomic mass is 35.5. The Morgan fingerprint density at radius 2 is 2.00 bits per heavy atom. The van der Waals surface area contributed by atoms with Gasteiger partial charge in [-0.1, -0.05) is 49.2 Å². The summed E-state index contributed by atoms with van der Waals surface area (Å²) in [6.07, 6.45) is 2.12. The highest BCUT2D eigenvalue weighted by Gasteiger charge is 2.12. The van der Waals surface area contributed by atoms with Gasteiger partial charge in [-0.3, -0.25) is 4.79 Å². The van der Waals surface area contributed by atoms with E-state index in [0.29, 0.717) is 11.6 Å². The summed E-state index contributed by atoms with van der Waals surface area (Å²) in [6, 6.07) is 13.2. The molecule has 0 saturated carbocycles. The van der Waals surface area contributed by atoms with E-state index in [9.17, 15) is 4.79 Å². The van der Waals surface area contributed by atoms with Crippen LogP contribution < -0.4 is 10.0 Å². The first-order chi connectivity index (χ1) is 10.6. The lowest BCUT2D eigenvalue weighted by molar-refractivity contribution is 0.108. The van der Waals surface area contributed by atoms with Crippen LogP contribution >= 0.6 is 20.2 Å². The summed E-state index contributed by atoms with van der Waals surface area (Å²) in [7, 11) is 0.0233. The maximum atomic E-state index is 12.4. The molecule has 0 N–H and O–H groups in total. The van der Waals surface area contributed by atoms with Gasteiger partial charge in [0.1, 0.15) is 5.75 Å². The Morgan fingerprint density at radius 1 is 1.23 bits per heavy atom. The summed E-state index contributed by atoms with van der Waals surface area (Å²) in [4.78, 5) is 12.4. The zero-order valence-corrected chi connectivity index (χ0v) is 14.6. The van der Waals surface area contributed by atoms with E-state index in [1.807, 2.05) is 43.3 Å². The smallest absolute Gasteiger partial charge is 0.185 e. The van der Waals surface area contributed by atoms with Gasteiger partial charge in [-0.25, -0.2) is 0 Å². The Morgan fingerprint density at radius 3 is 2.68 bits per heavy atom. The third-order valence-electron chi connectivity index (χ3n) is 3.35. The highest BCUT2D eigenvalue weighted by Crippen LogP contribution is 2.27. The van der Waals surface area contributed by atoms with Crippen molar-refractivity contribution in [2.75, 3.05) is 6.61 Å². The van der Waals surface area contributed by atoms with Crippen molar-refractivity contribution in [3.63, 3.8) is 0 Å². The molecule has 1 atom stereocenters. The number of carbonyl (C=O) groups excluding carboxylic acids is 1. The van der Waals surface area contributed by atoms with E-state index in [2.05, 4.69) is 6.92 Å². The Bertz CT molecular complexity index is 655. The minimum absolute atomic E-state index is 0.0233. The molecule has 0 aliphatic carbocycles. The molecule has 2 aromatic carbocycles. The van der Waals surface area contributed by atoms with Gasteiger partial charge in [0.15, 0.2) is 5.52 Å². The van der Waals surface area contributed by atoms with Crippen molar-refractivity contribution >= 4 is 31.0 Å². The summed E-state index contributed by atoms with van der Waals surface area (Å²) >= 11 is 6.29. The van der Waals surface area contributed by atoms with Gasteiger partial charge in [-0.2, -0.15) is 0 Å². The zero-order valence-electron chi connectivity index (χ0n) is 12.9. The van der Waals surface area contributed by atoms with Crippen LogP contribution in [0.4, 0.5) is 0 Å². The highest BCUT2D eigenvalue weighted by molar-refractivity contribution is 7.66. The van der Waals surface area contributed by atoms with E-state index in [-0.39, 0.29) is 14.1 Å². The molecule has 0 heterocycles. The van der Waals surface area contributed by atoms with Crippen molar-refractivity contribution in [2.24, 2.45) is 0 Å². The monoisotopic (exact) mass is 334 g/mol. The van der Waals surface area contributed by atoms with Gasteiger partial charge < -0.3 is 4.74 Å². The van der Waals surface area contributed by atoms with Crippen LogP contribution in [0.15, 0.2) is 42.5 Å². The molecule has 22 heavy (non-hydrogen) atoms. The van der Waals surface area contributed by atoms with E-state index < -0.39 is 0 Å². The predicted molar refractivity (Wildman–Crippen MR) is 95.3 cm³/mol. The molecule has 0 aliphatic heterocycles. The first kappa shape index (κ1) is 17.0. The van der Waals surface area contributed by atoms with Crippen LogP contribution in [0.3, 0.4) is 0 Å². The molecule has 2 nitrogen and oxygen atoms in total. The summed E-state index contributed by atoms with van der Waals surface area (Å²) in [5.74, 6) is 0.760. The fourth-order valence-corrected chi connectivity index (χ4v) is 3.37. The number of aryl methyl sites for hydroxylation is 1. The Labute approximate surface area is 138 Å². The van der Waals surface area contributed by atoms with Gasteiger partial charge >= 0.3 is 0 Å². The molecule has 0 radical (unpaired) electrons. The van der Waals surface area contributed by atoms with Gasteiger partial charge in [0.05, 0.1) is 11.6 Å². The molecule has 1 unspecified atom stereocenters. The van der Waals surface area contributed by atoms with Crippen molar-refractivity contribution < 1.29 is 9.53 Å². The van der Waals surface area contributed by atoms with Crippen LogP contribution in [-0.4, -0.2) is 12.1 Å². The van der Waals surface area contributed by atoms with Crippen molar-refractivity contribution in [3.05, 3.63) is 58.6 Å². The molecular weight excluding hydrogens is 315 g/mol. The molecule has 0 bridgehead atoms. The molecule has 116 valence electrons. The van der Waals surface area contributed by atoms with Crippen LogP contribution in [0.1, 0.15) is 35.7 Å². The molecule has 0 aromatic heterocycles. The van der Waals surface area contributed by atoms with Gasteiger partial charge in [0, 0.05) is 5.56 Å². The maximum absolute atomic E-state index is 12.4. The van der Waals surface area contributed by atoms with Gasteiger partial charge in [-0.05, 0) is 51.0 Å². The van der Waals surface area contributed by atoms with Crippen molar-refractivity contribution in [1.29, 1.82) is 0 Å². The molecular formula is C18H20ClO2P. The normalized spacial score (nSPS) is 11.0. The topological polar surface area (TPSA) is 26.3 Å². The summed E-state index contributed by atoms with van der Waals surface area (Å²) in [5, 5.41) is 1.45. The molecule has 0 aliphatic rings. The molecule has 0 spiro atoms. The summed E-state index contributed by atoms with van der Waals surface area (Å²) in [5.41, 5.74) is 1.87. The Balaban J connectivity index is 2.07. The molecule has 0 fully saturated rings. The van der Waals surface area contributed by atoms with Crippen LogP contribution in [0, 0.1) is 6.92 Å². The van der Waals surface area contributed by atoms with Crippen molar-refractivity contribution in [3.8, 4) is 5.75 Å². The number of rotatable bonds is 7. The summed E-state index contributed by atoms with van der Waals surface area (Å²) in [6.45, 7) is 4.76. The van der Waals surface area contributed by atoms with E-state index in [1.54, 1.807) is 6.07 Å². The quantitative estimate of drug-likeness (QED) is 0.527. The van der Waals surface area contributed by atoms with Gasteiger partial charge in [0.2, 0.25) is 0 Å². The minimum Gasteiger partial charge on any atom is -0.494 e. The van der Waals surface area contributed by atoms with Crippen LogP contribution in [-0.2, 0) is 0 Å². The first-order valence-corrected chi connectivity index (χ1v) is 8.79. The lowest BCUT2D eigenvalue weighted by atomic mass is 10.1.